The van der Waals surface area contributed by atoms with Gasteiger partial charge in [0, 0.05) is 18.9 Å². The summed E-state index contributed by atoms with van der Waals surface area (Å²) in [6, 6.07) is 3.97. The maximum absolute atomic E-state index is 6.15. The van der Waals surface area contributed by atoms with Crippen LogP contribution in [-0.4, -0.2) is 27.0 Å². The van der Waals surface area contributed by atoms with Crippen LogP contribution in [0.4, 0.5) is 0 Å². The predicted octanol–water partition coefficient (Wildman–Crippen LogP) is 4.04. The molecule has 0 saturated heterocycles. The molecule has 0 unspecified atom stereocenters. The van der Waals surface area contributed by atoms with Crippen molar-refractivity contribution >= 4 is 8.32 Å². The molecule has 3 nitrogen and oxygen atoms in total. The summed E-state index contributed by atoms with van der Waals surface area (Å²) in [7, 11) is 0.0405. The summed E-state index contributed by atoms with van der Waals surface area (Å²) >= 11 is 0. The average Bonchev–Trinajstić information content (AvgIpc) is 2.34. The molecule has 108 valence electrons. The molecule has 0 radical (unpaired) electrons. The van der Waals surface area contributed by atoms with Crippen molar-refractivity contribution in [3.63, 3.8) is 0 Å². The molecule has 19 heavy (non-hydrogen) atoms. The van der Waals surface area contributed by atoms with Crippen LogP contribution in [0.15, 0.2) is 18.3 Å². The fourth-order valence-electron chi connectivity index (χ4n) is 1.50. The van der Waals surface area contributed by atoms with Gasteiger partial charge < -0.3 is 9.16 Å². The summed E-state index contributed by atoms with van der Waals surface area (Å²) in [5.74, 6) is 0.668. The quantitative estimate of drug-likeness (QED) is 0.582. The second-order valence-electron chi connectivity index (χ2n) is 6.42. The molecule has 4 heteroatoms. The smallest absolute Gasteiger partial charge is 0.212 e. The van der Waals surface area contributed by atoms with Crippen LogP contribution in [0, 0.1) is 0 Å². The highest BCUT2D eigenvalue weighted by Gasteiger charge is 2.36. The highest BCUT2D eigenvalue weighted by molar-refractivity contribution is 6.74. The van der Waals surface area contributed by atoms with E-state index in [1.54, 1.807) is 7.11 Å². The topological polar surface area (TPSA) is 31.4 Å². The van der Waals surface area contributed by atoms with Crippen molar-refractivity contribution in [3.8, 4) is 5.88 Å². The first kappa shape index (κ1) is 16.2. The molecular formula is C15H27NO2Si. The zero-order valence-corrected chi connectivity index (χ0v) is 14.1. The van der Waals surface area contributed by atoms with Crippen LogP contribution < -0.4 is 4.74 Å². The Morgan fingerprint density at radius 2 is 1.89 bits per heavy atom. The zero-order valence-electron chi connectivity index (χ0n) is 13.1. The Labute approximate surface area is 118 Å². The van der Waals surface area contributed by atoms with Crippen LogP contribution in [0.1, 0.15) is 32.8 Å². The molecule has 0 aliphatic heterocycles. The van der Waals surface area contributed by atoms with E-state index in [0.29, 0.717) is 5.88 Å². The number of nitrogens with zero attached hydrogens (tertiary/aromatic N) is 1. The molecule has 0 aliphatic rings. The normalized spacial score (nSPS) is 12.5. The van der Waals surface area contributed by atoms with Crippen LogP contribution in [0.2, 0.25) is 18.1 Å². The molecule has 1 rings (SSSR count). The van der Waals surface area contributed by atoms with Gasteiger partial charge in [-0.3, -0.25) is 0 Å². The summed E-state index contributed by atoms with van der Waals surface area (Å²) < 4.78 is 11.2. The van der Waals surface area contributed by atoms with E-state index >= 15 is 0 Å². The average molecular weight is 281 g/mol. The first-order chi connectivity index (χ1) is 8.76. The van der Waals surface area contributed by atoms with Crippen LogP contribution in [0.25, 0.3) is 0 Å². The van der Waals surface area contributed by atoms with Crippen molar-refractivity contribution < 1.29 is 9.16 Å². The monoisotopic (exact) mass is 281 g/mol. The van der Waals surface area contributed by atoms with Gasteiger partial charge in [-0.1, -0.05) is 26.8 Å². The van der Waals surface area contributed by atoms with E-state index < -0.39 is 8.32 Å². The number of ether oxygens (including phenoxy) is 1. The van der Waals surface area contributed by atoms with E-state index in [1.165, 1.54) is 5.56 Å². The Hall–Kier alpha value is -0.873. The van der Waals surface area contributed by atoms with E-state index in [0.717, 1.165) is 19.4 Å². The number of hydrogen-bond donors (Lipinski definition) is 0. The van der Waals surface area contributed by atoms with Crippen molar-refractivity contribution in [1.29, 1.82) is 0 Å². The summed E-state index contributed by atoms with van der Waals surface area (Å²) in [4.78, 5) is 4.21. The van der Waals surface area contributed by atoms with Gasteiger partial charge >= 0.3 is 0 Å². The number of hydrogen-bond acceptors (Lipinski definition) is 3. The van der Waals surface area contributed by atoms with E-state index in [-0.39, 0.29) is 5.04 Å². The van der Waals surface area contributed by atoms with Gasteiger partial charge in [0.2, 0.25) is 5.88 Å². The van der Waals surface area contributed by atoms with Crippen molar-refractivity contribution in [2.75, 3.05) is 13.7 Å². The SMILES string of the molecule is COc1ccc(CCCO[Si](C)(C)C(C)(C)C)cn1. The third-order valence-corrected chi connectivity index (χ3v) is 8.42. The molecule has 0 atom stereocenters. The standard InChI is InChI=1S/C15H27NO2Si/c1-15(2,3)19(5,6)18-11-7-8-13-9-10-14(17-4)16-12-13/h9-10,12H,7-8,11H2,1-6H3. The van der Waals surface area contributed by atoms with Crippen LogP contribution in [0.5, 0.6) is 5.88 Å². The molecule has 0 saturated carbocycles. The van der Waals surface area contributed by atoms with Gasteiger partial charge in [0.15, 0.2) is 8.32 Å². The minimum Gasteiger partial charge on any atom is -0.481 e. The molecule has 0 N–H and O–H groups in total. The van der Waals surface area contributed by atoms with Crippen LogP contribution >= 0.6 is 0 Å². The number of methoxy groups -OCH3 is 1. The highest BCUT2D eigenvalue weighted by Crippen LogP contribution is 2.36. The second-order valence-corrected chi connectivity index (χ2v) is 11.2. The second kappa shape index (κ2) is 6.53. The molecular weight excluding hydrogens is 254 g/mol. The van der Waals surface area contributed by atoms with Crippen molar-refractivity contribution in [2.45, 2.75) is 51.7 Å². The summed E-state index contributed by atoms with van der Waals surface area (Å²) in [5, 5.41) is 0.286. The van der Waals surface area contributed by atoms with Gasteiger partial charge in [-0.25, -0.2) is 4.98 Å². The van der Waals surface area contributed by atoms with E-state index in [2.05, 4.69) is 44.9 Å². The molecule has 1 aromatic rings. The van der Waals surface area contributed by atoms with E-state index in [9.17, 15) is 0 Å². The Kier molecular flexibility index (Phi) is 5.56. The minimum absolute atomic E-state index is 0.286. The van der Waals surface area contributed by atoms with Gasteiger partial charge in [0.1, 0.15) is 0 Å². The molecule has 1 heterocycles. The van der Waals surface area contributed by atoms with Gasteiger partial charge in [-0.05, 0) is 36.5 Å². The Morgan fingerprint density at radius 3 is 2.37 bits per heavy atom. The number of aryl methyl sites for hydroxylation is 1. The zero-order chi connectivity index (χ0) is 14.5. The molecule has 0 aromatic carbocycles. The van der Waals surface area contributed by atoms with Crippen molar-refractivity contribution in [2.24, 2.45) is 0 Å². The first-order valence-electron chi connectivity index (χ1n) is 6.89. The van der Waals surface area contributed by atoms with Crippen LogP contribution in [-0.2, 0) is 10.8 Å². The molecule has 0 amide bonds. The molecule has 0 fully saturated rings. The summed E-state index contributed by atoms with van der Waals surface area (Å²) in [5.41, 5.74) is 1.24. The number of aromatic nitrogens is 1. The summed E-state index contributed by atoms with van der Waals surface area (Å²) in [6.45, 7) is 12.2. The molecule has 0 spiro atoms. The largest absolute Gasteiger partial charge is 0.481 e. The summed E-state index contributed by atoms with van der Waals surface area (Å²) in [6.07, 6.45) is 3.93. The van der Waals surface area contributed by atoms with Crippen LogP contribution in [0.3, 0.4) is 0 Å². The van der Waals surface area contributed by atoms with Gasteiger partial charge in [0.25, 0.3) is 0 Å². The van der Waals surface area contributed by atoms with E-state index in [1.807, 2.05) is 12.3 Å². The van der Waals surface area contributed by atoms with Gasteiger partial charge in [-0.2, -0.15) is 0 Å². The third kappa shape index (κ3) is 4.95. The van der Waals surface area contributed by atoms with Crippen molar-refractivity contribution in [1.82, 2.24) is 4.98 Å². The van der Waals surface area contributed by atoms with Gasteiger partial charge in [-0.15, -0.1) is 0 Å². The van der Waals surface area contributed by atoms with Crippen molar-refractivity contribution in [3.05, 3.63) is 23.9 Å². The lowest BCUT2D eigenvalue weighted by Gasteiger charge is -2.36. The fourth-order valence-corrected chi connectivity index (χ4v) is 2.59. The minimum atomic E-state index is -1.59. The third-order valence-electron chi connectivity index (χ3n) is 3.89. The maximum Gasteiger partial charge on any atom is 0.212 e. The Bertz CT molecular complexity index is 382. The lowest BCUT2D eigenvalue weighted by Crippen LogP contribution is -2.41. The lowest BCUT2D eigenvalue weighted by molar-refractivity contribution is 0.282. The predicted molar refractivity (Wildman–Crippen MR) is 82.3 cm³/mol. The lowest BCUT2D eigenvalue weighted by atomic mass is 10.2. The Morgan fingerprint density at radius 1 is 1.21 bits per heavy atom. The Balaban J connectivity index is 2.34. The molecule has 0 aliphatic carbocycles. The molecule has 1 aromatic heterocycles. The van der Waals surface area contributed by atoms with Gasteiger partial charge in [0.05, 0.1) is 7.11 Å². The fraction of sp³-hybridized carbons (Fsp3) is 0.667. The number of pyridine rings is 1. The first-order valence-corrected chi connectivity index (χ1v) is 9.80. The van der Waals surface area contributed by atoms with E-state index in [4.69, 9.17) is 9.16 Å². The highest BCUT2D eigenvalue weighted by atomic mass is 28.4. The number of rotatable bonds is 6. The maximum atomic E-state index is 6.15. The molecule has 0 bridgehead atoms.